The molecule has 1 aromatic carbocycles. The molecule has 1 saturated heterocycles. The van der Waals surface area contributed by atoms with E-state index in [0.29, 0.717) is 18.9 Å². The van der Waals surface area contributed by atoms with Crippen LogP contribution in [0.25, 0.3) is 10.8 Å². The summed E-state index contributed by atoms with van der Waals surface area (Å²) >= 11 is 0. The predicted octanol–water partition coefficient (Wildman–Crippen LogP) is 1.53. The van der Waals surface area contributed by atoms with Crippen LogP contribution in [-0.2, 0) is 4.74 Å². The lowest BCUT2D eigenvalue weighted by Gasteiger charge is -2.36. The molecule has 1 aliphatic heterocycles. The van der Waals surface area contributed by atoms with E-state index in [4.69, 9.17) is 4.74 Å². The third-order valence-corrected chi connectivity index (χ3v) is 5.76. The fraction of sp³-hybridized carbons (Fsp3) is 0.500. The summed E-state index contributed by atoms with van der Waals surface area (Å²) in [5, 5.41) is 12.7. The van der Waals surface area contributed by atoms with E-state index in [1.54, 1.807) is 18.1 Å². The zero-order valence-corrected chi connectivity index (χ0v) is 15.0. The second-order valence-corrected chi connectivity index (χ2v) is 7.15. The molecule has 0 bridgehead atoms. The van der Waals surface area contributed by atoms with Gasteiger partial charge in [-0.1, -0.05) is 24.3 Å². The van der Waals surface area contributed by atoms with Crippen LogP contribution in [0.15, 0.2) is 36.5 Å². The van der Waals surface area contributed by atoms with Gasteiger partial charge in [0.2, 0.25) is 0 Å². The highest BCUT2D eigenvalue weighted by Crippen LogP contribution is 2.30. The second-order valence-electron chi connectivity index (χ2n) is 7.15. The van der Waals surface area contributed by atoms with Crippen molar-refractivity contribution in [2.24, 2.45) is 0 Å². The molecule has 26 heavy (non-hydrogen) atoms. The van der Waals surface area contributed by atoms with Gasteiger partial charge in [0.15, 0.2) is 0 Å². The number of likely N-dealkylation sites (N-methyl/N-ethyl adjacent to an activating group) is 1. The maximum absolute atomic E-state index is 13.1. The number of carbonyl (C=O) groups is 1. The summed E-state index contributed by atoms with van der Waals surface area (Å²) in [6, 6.07) is 9.59. The van der Waals surface area contributed by atoms with Crippen molar-refractivity contribution >= 4 is 16.7 Å². The molecule has 2 fully saturated rings. The fourth-order valence-corrected chi connectivity index (χ4v) is 4.28. The number of morpholine rings is 1. The van der Waals surface area contributed by atoms with Gasteiger partial charge in [-0.3, -0.25) is 14.7 Å². The normalized spacial score (nSPS) is 26.9. The highest BCUT2D eigenvalue weighted by molar-refractivity contribution is 6.05. The minimum Gasteiger partial charge on any atom is -0.389 e. The second kappa shape index (κ2) is 7.31. The minimum atomic E-state index is -0.544. The Labute approximate surface area is 153 Å². The molecule has 1 amide bonds. The van der Waals surface area contributed by atoms with Gasteiger partial charge < -0.3 is 14.7 Å². The first-order chi connectivity index (χ1) is 12.7. The largest absolute Gasteiger partial charge is 0.389 e. The Bertz CT molecular complexity index is 785. The number of carbonyl (C=O) groups excluding carboxylic acids is 1. The van der Waals surface area contributed by atoms with Crippen LogP contribution in [0.2, 0.25) is 0 Å². The van der Waals surface area contributed by atoms with Crippen LogP contribution >= 0.6 is 0 Å². The molecular formula is C20H25N3O3. The van der Waals surface area contributed by atoms with Crippen LogP contribution in [0, 0.1) is 0 Å². The van der Waals surface area contributed by atoms with Crippen LogP contribution in [0.1, 0.15) is 23.3 Å². The molecule has 0 radical (unpaired) electrons. The lowest BCUT2D eigenvalue weighted by atomic mass is 10.1. The number of benzene rings is 1. The molecule has 1 N–H and O–H groups in total. The number of fused-ring (bicyclic) bond motifs is 1. The van der Waals surface area contributed by atoms with Crippen molar-refractivity contribution < 1.29 is 14.6 Å². The van der Waals surface area contributed by atoms with E-state index in [1.165, 1.54) is 0 Å². The van der Waals surface area contributed by atoms with E-state index in [1.807, 2.05) is 30.3 Å². The first-order valence-electron chi connectivity index (χ1n) is 9.27. The predicted molar refractivity (Wildman–Crippen MR) is 99.0 cm³/mol. The van der Waals surface area contributed by atoms with Crippen molar-refractivity contribution in [3.05, 3.63) is 42.2 Å². The topological polar surface area (TPSA) is 65.9 Å². The molecule has 0 unspecified atom stereocenters. The summed E-state index contributed by atoms with van der Waals surface area (Å²) in [5.74, 6) is -0.131. The number of hydrogen-bond donors (Lipinski definition) is 1. The number of pyridine rings is 1. The Hall–Kier alpha value is -2.02. The minimum absolute atomic E-state index is 0.0969. The molecular weight excluding hydrogens is 330 g/mol. The third kappa shape index (κ3) is 3.09. The third-order valence-electron chi connectivity index (χ3n) is 5.76. The fourth-order valence-electron chi connectivity index (χ4n) is 4.28. The number of aliphatic hydroxyl groups is 1. The van der Waals surface area contributed by atoms with Gasteiger partial charge in [-0.25, -0.2) is 0 Å². The van der Waals surface area contributed by atoms with E-state index in [2.05, 4.69) is 9.88 Å². The Morgan fingerprint density at radius 1 is 1.23 bits per heavy atom. The Morgan fingerprint density at radius 2 is 2.00 bits per heavy atom. The quantitative estimate of drug-likeness (QED) is 0.905. The van der Waals surface area contributed by atoms with Gasteiger partial charge in [0, 0.05) is 37.8 Å². The highest BCUT2D eigenvalue weighted by Gasteiger charge is 2.42. The van der Waals surface area contributed by atoms with Crippen LogP contribution in [0.4, 0.5) is 0 Å². The Kier molecular flexibility index (Phi) is 4.89. The zero-order chi connectivity index (χ0) is 18.1. The first kappa shape index (κ1) is 17.4. The van der Waals surface area contributed by atoms with Gasteiger partial charge in [-0.15, -0.1) is 0 Å². The molecule has 3 atom stereocenters. The number of aromatic nitrogens is 1. The van der Waals surface area contributed by atoms with Crippen molar-refractivity contribution in [3.63, 3.8) is 0 Å². The molecule has 2 aromatic rings. The molecule has 1 saturated carbocycles. The average Bonchev–Trinajstić information content (AvgIpc) is 3.08. The van der Waals surface area contributed by atoms with Crippen molar-refractivity contribution in [3.8, 4) is 0 Å². The highest BCUT2D eigenvalue weighted by atomic mass is 16.5. The van der Waals surface area contributed by atoms with Gasteiger partial charge in [0.1, 0.15) is 5.69 Å². The standard InChI is InChI=1S/C20H25N3O3/c1-22(16-6-7-17(19(16)24)23-10-12-26-13-11-23)20(25)18-15-5-3-2-4-14(15)8-9-21-18/h2-5,8-9,16-17,19,24H,6-7,10-13H2,1H3/t16-,17-,19-/m1/s1. The lowest BCUT2D eigenvalue weighted by Crippen LogP contribution is -2.51. The first-order valence-corrected chi connectivity index (χ1v) is 9.27. The molecule has 6 nitrogen and oxygen atoms in total. The van der Waals surface area contributed by atoms with Gasteiger partial charge in [-0.05, 0) is 24.3 Å². The van der Waals surface area contributed by atoms with Crippen molar-refractivity contribution in [1.29, 1.82) is 0 Å². The number of rotatable bonds is 3. The number of ether oxygens (including phenoxy) is 1. The summed E-state index contributed by atoms with van der Waals surface area (Å²) in [4.78, 5) is 21.4. The number of nitrogens with zero attached hydrogens (tertiary/aromatic N) is 3. The van der Waals surface area contributed by atoms with Gasteiger partial charge in [-0.2, -0.15) is 0 Å². The molecule has 4 rings (SSSR count). The SMILES string of the molecule is CN(C(=O)c1nccc2ccccc12)[C@@H]1CC[C@@H](N2CCOCC2)[C@@H]1O. The summed E-state index contributed by atoms with van der Waals surface area (Å²) in [7, 11) is 1.78. The summed E-state index contributed by atoms with van der Waals surface area (Å²) < 4.78 is 5.41. The van der Waals surface area contributed by atoms with Gasteiger partial charge in [0.25, 0.3) is 5.91 Å². The van der Waals surface area contributed by atoms with Crippen LogP contribution in [0.5, 0.6) is 0 Å². The van der Waals surface area contributed by atoms with Crippen LogP contribution in [0.3, 0.4) is 0 Å². The summed E-state index contributed by atoms with van der Waals surface area (Å²) in [6.07, 6.45) is 2.82. The van der Waals surface area contributed by atoms with Crippen molar-refractivity contribution in [2.75, 3.05) is 33.4 Å². The van der Waals surface area contributed by atoms with E-state index < -0.39 is 6.10 Å². The van der Waals surface area contributed by atoms with Gasteiger partial charge >= 0.3 is 0 Å². The van der Waals surface area contributed by atoms with E-state index in [-0.39, 0.29) is 18.0 Å². The Morgan fingerprint density at radius 3 is 2.81 bits per heavy atom. The lowest BCUT2D eigenvalue weighted by molar-refractivity contribution is -0.0231. The van der Waals surface area contributed by atoms with E-state index >= 15 is 0 Å². The number of hydrogen-bond acceptors (Lipinski definition) is 5. The summed E-state index contributed by atoms with van der Waals surface area (Å²) in [5.41, 5.74) is 0.452. The maximum atomic E-state index is 13.1. The number of aliphatic hydroxyl groups excluding tert-OH is 1. The van der Waals surface area contributed by atoms with Crippen molar-refractivity contribution in [1.82, 2.24) is 14.8 Å². The maximum Gasteiger partial charge on any atom is 0.273 e. The van der Waals surface area contributed by atoms with E-state index in [9.17, 15) is 9.90 Å². The molecule has 6 heteroatoms. The van der Waals surface area contributed by atoms with Crippen molar-refractivity contribution in [2.45, 2.75) is 31.0 Å². The number of amides is 1. The van der Waals surface area contributed by atoms with Crippen LogP contribution < -0.4 is 0 Å². The zero-order valence-electron chi connectivity index (χ0n) is 15.0. The smallest absolute Gasteiger partial charge is 0.273 e. The molecule has 138 valence electrons. The van der Waals surface area contributed by atoms with E-state index in [0.717, 1.165) is 36.7 Å². The molecule has 2 heterocycles. The van der Waals surface area contributed by atoms with Gasteiger partial charge in [0.05, 0.1) is 25.4 Å². The summed E-state index contributed by atoms with van der Waals surface area (Å²) in [6.45, 7) is 3.11. The molecule has 1 aromatic heterocycles. The molecule has 0 spiro atoms. The molecule has 2 aliphatic rings. The Balaban J connectivity index is 1.53. The molecule has 1 aliphatic carbocycles. The average molecular weight is 355 g/mol. The monoisotopic (exact) mass is 355 g/mol. The van der Waals surface area contributed by atoms with Crippen LogP contribution in [-0.4, -0.2) is 77.3 Å².